The van der Waals surface area contributed by atoms with Crippen LogP contribution in [0.3, 0.4) is 0 Å². The SMILES string of the molecule is CC(C)(C)OC(=O)c1ccc(C(=O)n2ccc3ccccc32)cc1[N+](=O)[O-]. The molecule has 27 heavy (non-hydrogen) atoms. The Morgan fingerprint density at radius 3 is 2.44 bits per heavy atom. The van der Waals surface area contributed by atoms with Gasteiger partial charge in [0.15, 0.2) is 0 Å². The lowest BCUT2D eigenvalue weighted by molar-refractivity contribution is -0.385. The number of hydrogen-bond donors (Lipinski definition) is 0. The van der Waals surface area contributed by atoms with Gasteiger partial charge in [-0.25, -0.2) is 4.79 Å². The van der Waals surface area contributed by atoms with Crippen LogP contribution in [-0.4, -0.2) is 27.0 Å². The molecule has 1 heterocycles. The second-order valence-electron chi connectivity index (χ2n) is 7.04. The summed E-state index contributed by atoms with van der Waals surface area (Å²) in [6, 6.07) is 12.9. The molecule has 1 aromatic heterocycles. The Balaban J connectivity index is 2.02. The maximum absolute atomic E-state index is 12.8. The topological polar surface area (TPSA) is 91.4 Å². The van der Waals surface area contributed by atoms with Gasteiger partial charge in [-0.1, -0.05) is 18.2 Å². The molecule has 0 aliphatic rings. The van der Waals surface area contributed by atoms with Gasteiger partial charge in [0.05, 0.1) is 10.4 Å². The Hall–Kier alpha value is -3.48. The lowest BCUT2D eigenvalue weighted by Crippen LogP contribution is -2.24. The molecule has 0 amide bonds. The first kappa shape index (κ1) is 18.3. The van der Waals surface area contributed by atoms with Crippen LogP contribution in [0.5, 0.6) is 0 Å². The minimum atomic E-state index is -0.806. The van der Waals surface area contributed by atoms with E-state index >= 15 is 0 Å². The molecule has 0 N–H and O–H groups in total. The molecule has 0 spiro atoms. The summed E-state index contributed by atoms with van der Waals surface area (Å²) in [5.74, 6) is -1.23. The van der Waals surface area contributed by atoms with E-state index in [1.807, 2.05) is 12.1 Å². The van der Waals surface area contributed by atoms with Crippen molar-refractivity contribution in [3.8, 4) is 0 Å². The number of aromatic nitrogens is 1. The van der Waals surface area contributed by atoms with E-state index in [4.69, 9.17) is 4.74 Å². The van der Waals surface area contributed by atoms with Gasteiger partial charge in [-0.05, 0) is 45.0 Å². The smallest absolute Gasteiger partial charge is 0.345 e. The van der Waals surface area contributed by atoms with E-state index in [1.54, 1.807) is 45.2 Å². The molecular weight excluding hydrogens is 348 g/mol. The van der Waals surface area contributed by atoms with Crippen molar-refractivity contribution in [3.05, 3.63) is 76.0 Å². The minimum absolute atomic E-state index is 0.107. The number of ether oxygens (including phenoxy) is 1. The molecule has 3 aromatic rings. The van der Waals surface area contributed by atoms with Crippen LogP contribution in [0.4, 0.5) is 5.69 Å². The lowest BCUT2D eigenvalue weighted by atomic mass is 10.1. The predicted molar refractivity (Wildman–Crippen MR) is 99.9 cm³/mol. The Labute approximate surface area is 155 Å². The van der Waals surface area contributed by atoms with Crippen molar-refractivity contribution < 1.29 is 19.2 Å². The molecule has 0 aliphatic carbocycles. The van der Waals surface area contributed by atoms with Crippen LogP contribution in [0.2, 0.25) is 0 Å². The van der Waals surface area contributed by atoms with Gasteiger partial charge in [0, 0.05) is 23.2 Å². The van der Waals surface area contributed by atoms with Crippen molar-refractivity contribution in [2.45, 2.75) is 26.4 Å². The highest BCUT2D eigenvalue weighted by Gasteiger charge is 2.27. The van der Waals surface area contributed by atoms with Crippen molar-refractivity contribution in [2.24, 2.45) is 0 Å². The summed E-state index contributed by atoms with van der Waals surface area (Å²) in [6.07, 6.45) is 1.61. The molecule has 7 nitrogen and oxygen atoms in total. The highest BCUT2D eigenvalue weighted by Crippen LogP contribution is 2.25. The number of nitrogens with zero attached hydrogens (tertiary/aromatic N) is 2. The number of nitro groups is 1. The van der Waals surface area contributed by atoms with Crippen molar-refractivity contribution in [1.82, 2.24) is 4.57 Å². The molecule has 3 rings (SSSR count). The third-order valence-corrected chi connectivity index (χ3v) is 3.88. The fourth-order valence-corrected chi connectivity index (χ4v) is 2.72. The zero-order valence-corrected chi connectivity index (χ0v) is 15.1. The van der Waals surface area contributed by atoms with Crippen LogP contribution in [0, 0.1) is 10.1 Å². The van der Waals surface area contributed by atoms with Crippen LogP contribution in [-0.2, 0) is 4.74 Å². The number of carbonyl (C=O) groups is 2. The van der Waals surface area contributed by atoms with E-state index in [9.17, 15) is 19.7 Å². The van der Waals surface area contributed by atoms with Crippen LogP contribution in [0.25, 0.3) is 10.9 Å². The summed E-state index contributed by atoms with van der Waals surface area (Å²) in [5.41, 5.74) is -0.643. The Bertz CT molecular complexity index is 1060. The summed E-state index contributed by atoms with van der Waals surface area (Å²) in [4.78, 5) is 35.8. The third kappa shape index (κ3) is 3.72. The first-order valence-corrected chi connectivity index (χ1v) is 8.30. The summed E-state index contributed by atoms with van der Waals surface area (Å²) in [7, 11) is 0. The standard InChI is InChI=1S/C20H18N2O5/c1-20(2,3)27-19(24)15-9-8-14(12-17(15)22(25)26)18(23)21-11-10-13-6-4-5-7-16(13)21/h4-12H,1-3H3. The maximum Gasteiger partial charge on any atom is 0.345 e. The quantitative estimate of drug-likeness (QED) is 0.394. The number of carbonyl (C=O) groups excluding carboxylic acids is 2. The van der Waals surface area contributed by atoms with Crippen LogP contribution in [0.15, 0.2) is 54.7 Å². The molecule has 0 radical (unpaired) electrons. The zero-order chi connectivity index (χ0) is 19.8. The van der Waals surface area contributed by atoms with Crippen molar-refractivity contribution in [3.63, 3.8) is 0 Å². The molecule has 0 unspecified atom stereocenters. The second kappa shape index (κ2) is 6.68. The molecule has 138 valence electrons. The normalized spacial score (nSPS) is 11.4. The van der Waals surface area contributed by atoms with Gasteiger partial charge < -0.3 is 4.74 Å². The molecule has 0 aliphatic heterocycles. The van der Waals surface area contributed by atoms with E-state index in [0.29, 0.717) is 5.52 Å². The lowest BCUT2D eigenvalue weighted by Gasteiger charge is -2.19. The fraction of sp³-hybridized carbons (Fsp3) is 0.200. The maximum atomic E-state index is 12.8. The van der Waals surface area contributed by atoms with Crippen molar-refractivity contribution in [1.29, 1.82) is 0 Å². The van der Waals surface area contributed by atoms with E-state index < -0.39 is 28.1 Å². The highest BCUT2D eigenvalue weighted by molar-refractivity contribution is 6.04. The van der Waals surface area contributed by atoms with Gasteiger partial charge in [0.1, 0.15) is 11.2 Å². The van der Waals surface area contributed by atoms with Crippen LogP contribution < -0.4 is 0 Å². The number of rotatable bonds is 3. The Morgan fingerprint density at radius 2 is 1.78 bits per heavy atom. The highest BCUT2D eigenvalue weighted by atomic mass is 16.6. The Kier molecular flexibility index (Phi) is 4.53. The summed E-state index contributed by atoms with van der Waals surface area (Å²) in [6.45, 7) is 5.02. The molecule has 7 heteroatoms. The molecular formula is C20H18N2O5. The number of para-hydroxylation sites is 1. The monoisotopic (exact) mass is 366 g/mol. The zero-order valence-electron chi connectivity index (χ0n) is 15.1. The second-order valence-corrected chi connectivity index (χ2v) is 7.04. The number of fused-ring (bicyclic) bond motifs is 1. The van der Waals surface area contributed by atoms with Gasteiger partial charge in [0.25, 0.3) is 11.6 Å². The molecule has 0 atom stereocenters. The van der Waals surface area contributed by atoms with E-state index in [1.165, 1.54) is 16.7 Å². The van der Waals surface area contributed by atoms with Crippen molar-refractivity contribution in [2.75, 3.05) is 0 Å². The van der Waals surface area contributed by atoms with E-state index in [2.05, 4.69) is 0 Å². The first-order valence-electron chi connectivity index (χ1n) is 8.30. The fourth-order valence-electron chi connectivity index (χ4n) is 2.72. The molecule has 0 saturated carbocycles. The molecule has 0 saturated heterocycles. The average Bonchev–Trinajstić information content (AvgIpc) is 3.03. The van der Waals surface area contributed by atoms with Crippen LogP contribution in [0.1, 0.15) is 41.5 Å². The van der Waals surface area contributed by atoms with Gasteiger partial charge in [-0.2, -0.15) is 0 Å². The summed E-state index contributed by atoms with van der Waals surface area (Å²) >= 11 is 0. The number of nitro benzene ring substituents is 1. The van der Waals surface area contributed by atoms with Gasteiger partial charge >= 0.3 is 5.97 Å². The number of esters is 1. The van der Waals surface area contributed by atoms with Gasteiger partial charge in [-0.15, -0.1) is 0 Å². The van der Waals surface area contributed by atoms with Crippen LogP contribution >= 0.6 is 0 Å². The van der Waals surface area contributed by atoms with Crippen molar-refractivity contribution >= 4 is 28.5 Å². The summed E-state index contributed by atoms with van der Waals surface area (Å²) < 4.78 is 6.63. The summed E-state index contributed by atoms with van der Waals surface area (Å²) in [5, 5.41) is 12.3. The number of hydrogen-bond acceptors (Lipinski definition) is 5. The predicted octanol–water partition coefficient (Wildman–Crippen LogP) is 4.19. The van der Waals surface area contributed by atoms with E-state index in [-0.39, 0.29) is 11.1 Å². The number of benzene rings is 2. The first-order chi connectivity index (χ1) is 12.7. The minimum Gasteiger partial charge on any atom is -0.456 e. The largest absolute Gasteiger partial charge is 0.456 e. The van der Waals surface area contributed by atoms with Gasteiger partial charge in [0.2, 0.25) is 0 Å². The molecule has 2 aromatic carbocycles. The van der Waals surface area contributed by atoms with Gasteiger partial charge in [-0.3, -0.25) is 19.5 Å². The Morgan fingerprint density at radius 1 is 1.07 bits per heavy atom. The van der Waals surface area contributed by atoms with E-state index in [0.717, 1.165) is 11.5 Å². The molecule has 0 bridgehead atoms. The molecule has 0 fully saturated rings. The average molecular weight is 366 g/mol. The third-order valence-electron chi connectivity index (χ3n) is 3.88.